The number of hydrogen-bond acceptors (Lipinski definition) is 2. The molecule has 0 aliphatic rings. The van der Waals surface area contributed by atoms with E-state index in [0.717, 1.165) is 5.69 Å². The number of aromatic nitrogens is 2. The molecule has 0 atom stereocenters. The lowest BCUT2D eigenvalue weighted by atomic mass is 10.1. The Labute approximate surface area is 97.9 Å². The highest BCUT2D eigenvalue weighted by atomic mass is 19.3. The van der Waals surface area contributed by atoms with Crippen molar-refractivity contribution in [1.82, 2.24) is 9.78 Å². The number of benzene rings is 1. The molecule has 2 aromatic rings. The van der Waals surface area contributed by atoms with Gasteiger partial charge in [-0.15, -0.1) is 0 Å². The SMILES string of the molecule is NCCC(F)(F)c1cnn(-c2ccccc2)c1. The van der Waals surface area contributed by atoms with E-state index in [1.165, 1.54) is 17.1 Å². The molecule has 0 amide bonds. The van der Waals surface area contributed by atoms with Crippen LogP contribution in [0.2, 0.25) is 0 Å². The fourth-order valence-electron chi connectivity index (χ4n) is 1.56. The number of hydrogen-bond donors (Lipinski definition) is 1. The van der Waals surface area contributed by atoms with Gasteiger partial charge in [0.2, 0.25) is 0 Å². The van der Waals surface area contributed by atoms with Gasteiger partial charge in [-0.25, -0.2) is 13.5 Å². The summed E-state index contributed by atoms with van der Waals surface area (Å²) in [5.74, 6) is -2.91. The Kier molecular flexibility index (Phi) is 3.19. The van der Waals surface area contributed by atoms with Crippen molar-refractivity contribution in [3.8, 4) is 5.69 Å². The molecule has 0 unspecified atom stereocenters. The van der Waals surface area contributed by atoms with Gasteiger partial charge < -0.3 is 5.73 Å². The maximum Gasteiger partial charge on any atom is 0.277 e. The van der Waals surface area contributed by atoms with Gasteiger partial charge in [-0.2, -0.15) is 5.10 Å². The first-order chi connectivity index (χ1) is 8.13. The first-order valence-electron chi connectivity index (χ1n) is 5.32. The maximum absolute atomic E-state index is 13.6. The molecular formula is C12H13F2N3. The van der Waals surface area contributed by atoms with Crippen LogP contribution in [-0.4, -0.2) is 16.3 Å². The Morgan fingerprint density at radius 3 is 2.59 bits per heavy atom. The van der Waals surface area contributed by atoms with E-state index in [1.807, 2.05) is 18.2 Å². The van der Waals surface area contributed by atoms with Crippen LogP contribution in [0.15, 0.2) is 42.7 Å². The predicted octanol–water partition coefficient (Wildman–Crippen LogP) is 2.31. The molecule has 3 nitrogen and oxygen atoms in total. The minimum Gasteiger partial charge on any atom is -0.330 e. The topological polar surface area (TPSA) is 43.8 Å². The highest BCUT2D eigenvalue weighted by Gasteiger charge is 2.32. The summed E-state index contributed by atoms with van der Waals surface area (Å²) >= 11 is 0. The van der Waals surface area contributed by atoms with E-state index in [4.69, 9.17) is 5.73 Å². The second-order valence-electron chi connectivity index (χ2n) is 3.75. The molecule has 0 bridgehead atoms. The maximum atomic E-state index is 13.6. The van der Waals surface area contributed by atoms with Gasteiger partial charge >= 0.3 is 0 Å². The van der Waals surface area contributed by atoms with E-state index in [9.17, 15) is 8.78 Å². The Balaban J connectivity index is 2.28. The van der Waals surface area contributed by atoms with Crippen LogP contribution in [0.25, 0.3) is 5.69 Å². The number of halogens is 2. The molecule has 1 aromatic heterocycles. The molecule has 0 saturated heterocycles. The van der Waals surface area contributed by atoms with Gasteiger partial charge in [0.1, 0.15) is 0 Å². The summed E-state index contributed by atoms with van der Waals surface area (Å²) in [6.45, 7) is -0.0521. The molecule has 0 radical (unpaired) electrons. The summed E-state index contributed by atoms with van der Waals surface area (Å²) in [6, 6.07) is 9.12. The molecule has 1 heterocycles. The summed E-state index contributed by atoms with van der Waals surface area (Å²) < 4.78 is 28.5. The average molecular weight is 237 g/mol. The van der Waals surface area contributed by atoms with Crippen LogP contribution in [0.3, 0.4) is 0 Å². The average Bonchev–Trinajstić information content (AvgIpc) is 2.80. The molecule has 17 heavy (non-hydrogen) atoms. The molecule has 2 N–H and O–H groups in total. The number of para-hydroxylation sites is 1. The quantitative estimate of drug-likeness (QED) is 0.886. The van der Waals surface area contributed by atoms with E-state index in [0.29, 0.717) is 0 Å². The summed E-state index contributed by atoms with van der Waals surface area (Å²) in [5.41, 5.74) is 5.81. The predicted molar refractivity (Wildman–Crippen MR) is 61.1 cm³/mol. The fraction of sp³-hybridized carbons (Fsp3) is 0.250. The summed E-state index contributed by atoms with van der Waals surface area (Å²) in [4.78, 5) is 0. The van der Waals surface area contributed by atoms with Crippen LogP contribution in [0.5, 0.6) is 0 Å². The number of nitrogens with zero attached hydrogens (tertiary/aromatic N) is 2. The molecular weight excluding hydrogens is 224 g/mol. The zero-order valence-corrected chi connectivity index (χ0v) is 9.18. The van der Waals surface area contributed by atoms with Gasteiger partial charge in [0.25, 0.3) is 5.92 Å². The molecule has 0 saturated carbocycles. The van der Waals surface area contributed by atoms with E-state index in [2.05, 4.69) is 5.10 Å². The van der Waals surface area contributed by atoms with Crippen LogP contribution in [0.4, 0.5) is 8.78 Å². The Bertz CT molecular complexity index is 480. The second kappa shape index (κ2) is 4.63. The molecule has 90 valence electrons. The van der Waals surface area contributed by atoms with E-state index in [1.54, 1.807) is 12.1 Å². The zero-order valence-electron chi connectivity index (χ0n) is 9.18. The van der Waals surface area contributed by atoms with E-state index in [-0.39, 0.29) is 18.5 Å². The lowest BCUT2D eigenvalue weighted by molar-refractivity contribution is -0.0107. The van der Waals surface area contributed by atoms with Crippen molar-refractivity contribution in [2.24, 2.45) is 5.73 Å². The monoisotopic (exact) mass is 237 g/mol. The lowest BCUT2D eigenvalue weighted by Crippen LogP contribution is -2.17. The first-order valence-corrected chi connectivity index (χ1v) is 5.32. The normalized spacial score (nSPS) is 11.7. The summed E-state index contributed by atoms with van der Waals surface area (Å²) in [5, 5.41) is 3.93. The van der Waals surface area contributed by atoms with Crippen LogP contribution < -0.4 is 5.73 Å². The third-order valence-electron chi connectivity index (χ3n) is 2.48. The van der Waals surface area contributed by atoms with Gasteiger partial charge in [0.15, 0.2) is 0 Å². The number of rotatable bonds is 4. The molecule has 2 rings (SSSR count). The van der Waals surface area contributed by atoms with E-state index >= 15 is 0 Å². The van der Waals surface area contributed by atoms with Crippen molar-refractivity contribution in [2.45, 2.75) is 12.3 Å². The Morgan fingerprint density at radius 2 is 1.94 bits per heavy atom. The highest BCUT2D eigenvalue weighted by Crippen LogP contribution is 2.30. The zero-order chi connectivity index (χ0) is 12.3. The minimum atomic E-state index is -2.91. The Hall–Kier alpha value is -1.75. The first kappa shape index (κ1) is 11.7. The van der Waals surface area contributed by atoms with Crippen LogP contribution in [0, 0.1) is 0 Å². The molecule has 5 heteroatoms. The van der Waals surface area contributed by atoms with Gasteiger partial charge in [-0.3, -0.25) is 0 Å². The van der Waals surface area contributed by atoms with Crippen LogP contribution >= 0.6 is 0 Å². The molecule has 0 aliphatic carbocycles. The summed E-state index contributed by atoms with van der Waals surface area (Å²) in [7, 11) is 0. The molecule has 0 aliphatic heterocycles. The van der Waals surface area contributed by atoms with Gasteiger partial charge in [-0.05, 0) is 18.7 Å². The van der Waals surface area contributed by atoms with Crippen molar-refractivity contribution in [2.75, 3.05) is 6.54 Å². The minimum absolute atomic E-state index is 0.0521. The third kappa shape index (κ3) is 2.50. The fourth-order valence-corrected chi connectivity index (χ4v) is 1.56. The number of alkyl halides is 2. The smallest absolute Gasteiger partial charge is 0.277 e. The van der Waals surface area contributed by atoms with Crippen molar-refractivity contribution in [3.05, 3.63) is 48.3 Å². The van der Waals surface area contributed by atoms with Gasteiger partial charge in [0.05, 0.1) is 17.4 Å². The number of nitrogens with two attached hydrogens (primary N) is 1. The van der Waals surface area contributed by atoms with E-state index < -0.39 is 5.92 Å². The largest absolute Gasteiger partial charge is 0.330 e. The standard InChI is InChI=1S/C12H13F2N3/c13-12(14,6-7-15)10-8-16-17(9-10)11-4-2-1-3-5-11/h1-5,8-9H,6-7,15H2. The highest BCUT2D eigenvalue weighted by molar-refractivity contribution is 5.31. The molecule has 0 fully saturated rings. The van der Waals surface area contributed by atoms with Crippen molar-refractivity contribution in [3.63, 3.8) is 0 Å². The van der Waals surface area contributed by atoms with Crippen molar-refractivity contribution in [1.29, 1.82) is 0 Å². The Morgan fingerprint density at radius 1 is 1.24 bits per heavy atom. The molecule has 1 aromatic carbocycles. The molecule has 0 spiro atoms. The summed E-state index contributed by atoms with van der Waals surface area (Å²) in [6.07, 6.45) is 2.15. The van der Waals surface area contributed by atoms with Crippen LogP contribution in [0.1, 0.15) is 12.0 Å². The lowest BCUT2D eigenvalue weighted by Gasteiger charge is -2.12. The second-order valence-corrected chi connectivity index (χ2v) is 3.75. The third-order valence-corrected chi connectivity index (χ3v) is 2.48. The van der Waals surface area contributed by atoms with Crippen LogP contribution in [-0.2, 0) is 5.92 Å². The van der Waals surface area contributed by atoms with Gasteiger partial charge in [-0.1, -0.05) is 18.2 Å². The van der Waals surface area contributed by atoms with Crippen molar-refractivity contribution >= 4 is 0 Å². The van der Waals surface area contributed by atoms with Gasteiger partial charge in [0, 0.05) is 12.6 Å². The van der Waals surface area contributed by atoms with Crippen molar-refractivity contribution < 1.29 is 8.78 Å².